The number of nitrogens with zero attached hydrogens (tertiary/aromatic N) is 2. The Kier molecular flexibility index (Phi) is 3.58. The number of hydrogen-bond donors (Lipinski definition) is 1. The number of nitrogens with two attached hydrogens (primary N) is 1. The molecule has 21 heavy (non-hydrogen) atoms. The van der Waals surface area contributed by atoms with Crippen molar-refractivity contribution in [3.63, 3.8) is 0 Å². The molecular formula is C16H13F2N3. The number of aromatic nitrogens is 2. The first-order valence-corrected chi connectivity index (χ1v) is 6.55. The van der Waals surface area contributed by atoms with Crippen molar-refractivity contribution >= 4 is 11.0 Å². The molecule has 3 nitrogen and oxygen atoms in total. The second kappa shape index (κ2) is 5.54. The molecule has 3 rings (SSSR count). The summed E-state index contributed by atoms with van der Waals surface area (Å²) in [5.74, 6) is -1.73. The molecule has 2 N–H and O–H groups in total. The molecule has 0 aliphatic heterocycles. The Labute approximate surface area is 120 Å². The molecule has 0 aliphatic carbocycles. The minimum Gasteiger partial charge on any atom is -0.322 e. The molecule has 1 atom stereocenters. The number of hydrogen-bond acceptors (Lipinski definition) is 3. The number of fused-ring (bicyclic) bond motifs is 1. The van der Waals surface area contributed by atoms with E-state index in [-0.39, 0.29) is 12.0 Å². The SMILES string of the molecule is NC(Cc1cccc(F)c1F)c1cnc2ccccc2n1. The topological polar surface area (TPSA) is 51.8 Å². The van der Waals surface area contributed by atoms with Gasteiger partial charge in [-0.25, -0.2) is 13.8 Å². The lowest BCUT2D eigenvalue weighted by Crippen LogP contribution is -2.16. The smallest absolute Gasteiger partial charge is 0.162 e. The van der Waals surface area contributed by atoms with Gasteiger partial charge in [-0.1, -0.05) is 24.3 Å². The van der Waals surface area contributed by atoms with Gasteiger partial charge in [-0.2, -0.15) is 0 Å². The first-order chi connectivity index (χ1) is 10.1. The van der Waals surface area contributed by atoms with Crippen molar-refractivity contribution in [3.8, 4) is 0 Å². The molecule has 0 radical (unpaired) electrons. The lowest BCUT2D eigenvalue weighted by Gasteiger charge is -2.12. The van der Waals surface area contributed by atoms with E-state index in [0.29, 0.717) is 5.69 Å². The fraction of sp³-hybridized carbons (Fsp3) is 0.125. The maximum absolute atomic E-state index is 13.7. The standard InChI is InChI=1S/C16H13F2N3/c17-11-5-3-4-10(16(11)18)8-12(19)15-9-20-13-6-1-2-7-14(13)21-15/h1-7,9,12H,8,19H2. The van der Waals surface area contributed by atoms with Crippen LogP contribution in [-0.4, -0.2) is 9.97 Å². The van der Waals surface area contributed by atoms with Crippen molar-refractivity contribution in [3.05, 3.63) is 71.6 Å². The van der Waals surface area contributed by atoms with Crippen LogP contribution in [0.4, 0.5) is 8.78 Å². The third kappa shape index (κ3) is 2.73. The Bertz CT molecular complexity index is 789. The van der Waals surface area contributed by atoms with E-state index in [1.807, 2.05) is 24.3 Å². The highest BCUT2D eigenvalue weighted by Crippen LogP contribution is 2.19. The molecule has 5 heteroatoms. The second-order valence-corrected chi connectivity index (χ2v) is 4.81. The van der Waals surface area contributed by atoms with Gasteiger partial charge in [0.05, 0.1) is 29.0 Å². The quantitative estimate of drug-likeness (QED) is 0.804. The minimum atomic E-state index is -0.871. The molecular weight excluding hydrogens is 272 g/mol. The van der Waals surface area contributed by atoms with Gasteiger partial charge in [-0.05, 0) is 30.2 Å². The average molecular weight is 285 g/mol. The van der Waals surface area contributed by atoms with Crippen LogP contribution in [0.3, 0.4) is 0 Å². The van der Waals surface area contributed by atoms with Gasteiger partial charge in [0.15, 0.2) is 11.6 Å². The van der Waals surface area contributed by atoms with Crippen LogP contribution in [0.15, 0.2) is 48.7 Å². The monoisotopic (exact) mass is 285 g/mol. The summed E-state index contributed by atoms with van der Waals surface area (Å²) in [6.07, 6.45) is 1.74. The van der Waals surface area contributed by atoms with Crippen molar-refractivity contribution in [1.29, 1.82) is 0 Å². The van der Waals surface area contributed by atoms with E-state index in [0.717, 1.165) is 17.1 Å². The van der Waals surface area contributed by atoms with Gasteiger partial charge >= 0.3 is 0 Å². The average Bonchev–Trinajstić information content (AvgIpc) is 2.51. The molecule has 0 fully saturated rings. The predicted molar refractivity (Wildman–Crippen MR) is 76.5 cm³/mol. The van der Waals surface area contributed by atoms with Crippen LogP contribution < -0.4 is 5.73 Å². The number of rotatable bonds is 3. The lowest BCUT2D eigenvalue weighted by molar-refractivity contribution is 0.493. The third-order valence-corrected chi connectivity index (χ3v) is 3.32. The normalized spacial score (nSPS) is 12.5. The largest absolute Gasteiger partial charge is 0.322 e. The summed E-state index contributed by atoms with van der Waals surface area (Å²) in [6.45, 7) is 0. The number of halogens is 2. The molecule has 0 aliphatic rings. The summed E-state index contributed by atoms with van der Waals surface area (Å²) < 4.78 is 26.9. The Morgan fingerprint density at radius 2 is 1.76 bits per heavy atom. The molecule has 1 aromatic heterocycles. The summed E-state index contributed by atoms with van der Waals surface area (Å²) in [5.41, 5.74) is 8.33. The van der Waals surface area contributed by atoms with Gasteiger partial charge in [0.2, 0.25) is 0 Å². The summed E-state index contributed by atoms with van der Waals surface area (Å²) in [4.78, 5) is 8.69. The van der Waals surface area contributed by atoms with Gasteiger partial charge < -0.3 is 5.73 Å². The Hall–Kier alpha value is -2.40. The summed E-state index contributed by atoms with van der Waals surface area (Å²) >= 11 is 0. The van der Waals surface area contributed by atoms with Gasteiger partial charge in [-0.15, -0.1) is 0 Å². The number of benzene rings is 2. The molecule has 3 aromatic rings. The summed E-state index contributed by atoms with van der Waals surface area (Å²) in [6, 6.07) is 10.9. The van der Waals surface area contributed by atoms with Crippen LogP contribution in [0.5, 0.6) is 0 Å². The molecule has 2 aromatic carbocycles. The van der Waals surface area contributed by atoms with E-state index in [4.69, 9.17) is 5.73 Å². The first kappa shape index (κ1) is 13.6. The zero-order valence-corrected chi connectivity index (χ0v) is 11.1. The van der Waals surface area contributed by atoms with Crippen molar-refractivity contribution < 1.29 is 8.78 Å². The molecule has 1 unspecified atom stereocenters. The van der Waals surface area contributed by atoms with E-state index in [1.165, 1.54) is 12.1 Å². The minimum absolute atomic E-state index is 0.163. The van der Waals surface area contributed by atoms with E-state index in [2.05, 4.69) is 9.97 Å². The Morgan fingerprint density at radius 1 is 1.00 bits per heavy atom. The van der Waals surface area contributed by atoms with Crippen molar-refractivity contribution in [2.45, 2.75) is 12.5 Å². The fourth-order valence-corrected chi connectivity index (χ4v) is 2.20. The van der Waals surface area contributed by atoms with Gasteiger partial charge in [-0.3, -0.25) is 4.98 Å². The van der Waals surface area contributed by atoms with Gasteiger partial charge in [0, 0.05) is 0 Å². The van der Waals surface area contributed by atoms with Crippen LogP contribution in [0, 0.1) is 11.6 Å². The zero-order chi connectivity index (χ0) is 14.8. The van der Waals surface area contributed by atoms with Crippen LogP contribution in [0.25, 0.3) is 11.0 Å². The van der Waals surface area contributed by atoms with Crippen LogP contribution in [0.2, 0.25) is 0 Å². The van der Waals surface area contributed by atoms with E-state index in [9.17, 15) is 8.78 Å². The Balaban J connectivity index is 1.89. The van der Waals surface area contributed by atoms with Crippen molar-refractivity contribution in [2.24, 2.45) is 5.73 Å². The zero-order valence-electron chi connectivity index (χ0n) is 11.1. The maximum Gasteiger partial charge on any atom is 0.162 e. The van der Waals surface area contributed by atoms with E-state index in [1.54, 1.807) is 6.20 Å². The highest BCUT2D eigenvalue weighted by molar-refractivity contribution is 5.73. The molecule has 106 valence electrons. The molecule has 0 amide bonds. The highest BCUT2D eigenvalue weighted by atomic mass is 19.2. The van der Waals surface area contributed by atoms with Crippen molar-refractivity contribution in [1.82, 2.24) is 9.97 Å². The summed E-state index contributed by atoms with van der Waals surface area (Å²) in [7, 11) is 0. The fourth-order valence-electron chi connectivity index (χ4n) is 2.20. The molecule has 0 bridgehead atoms. The maximum atomic E-state index is 13.7. The lowest BCUT2D eigenvalue weighted by atomic mass is 10.0. The highest BCUT2D eigenvalue weighted by Gasteiger charge is 2.14. The molecule has 1 heterocycles. The van der Waals surface area contributed by atoms with Crippen molar-refractivity contribution in [2.75, 3.05) is 0 Å². The Morgan fingerprint density at radius 3 is 2.57 bits per heavy atom. The van der Waals surface area contributed by atoms with Crippen LogP contribution >= 0.6 is 0 Å². The third-order valence-electron chi connectivity index (χ3n) is 3.32. The number of para-hydroxylation sites is 2. The van der Waals surface area contributed by atoms with E-state index < -0.39 is 17.7 Å². The van der Waals surface area contributed by atoms with Gasteiger partial charge in [0.25, 0.3) is 0 Å². The predicted octanol–water partition coefficient (Wildman–Crippen LogP) is 3.15. The molecule has 0 saturated carbocycles. The van der Waals surface area contributed by atoms with Crippen LogP contribution in [0.1, 0.15) is 17.3 Å². The van der Waals surface area contributed by atoms with Crippen LogP contribution in [-0.2, 0) is 6.42 Å². The van der Waals surface area contributed by atoms with E-state index >= 15 is 0 Å². The molecule has 0 saturated heterocycles. The van der Waals surface area contributed by atoms with Gasteiger partial charge in [0.1, 0.15) is 0 Å². The second-order valence-electron chi connectivity index (χ2n) is 4.81. The first-order valence-electron chi connectivity index (χ1n) is 6.55. The molecule has 0 spiro atoms. The summed E-state index contributed by atoms with van der Waals surface area (Å²) in [5, 5.41) is 0.